The Kier molecular flexibility index (Phi) is 12.3. The number of ether oxygens (including phenoxy) is 3. The maximum absolute atomic E-state index is 13.3. The van der Waals surface area contributed by atoms with Crippen LogP contribution in [0.1, 0.15) is 81.0 Å². The molecule has 0 aliphatic rings. The monoisotopic (exact) mass is 613 g/mol. The van der Waals surface area contributed by atoms with Gasteiger partial charge in [0.1, 0.15) is 17.9 Å². The summed E-state index contributed by atoms with van der Waals surface area (Å²) in [4.78, 5) is 35.4. The fourth-order valence-electron chi connectivity index (χ4n) is 5.02. The molecule has 11 heteroatoms. The van der Waals surface area contributed by atoms with Gasteiger partial charge in [0.25, 0.3) is 0 Å². The number of nitrogens with one attached hydrogen (secondary N) is 2. The predicted molar refractivity (Wildman–Crippen MR) is 172 cm³/mol. The topological polar surface area (TPSA) is 137 Å². The van der Waals surface area contributed by atoms with Crippen molar-refractivity contribution in [3.63, 3.8) is 0 Å². The first-order valence-electron chi connectivity index (χ1n) is 15.5. The first-order valence-corrected chi connectivity index (χ1v) is 15.5. The number of anilines is 1. The fraction of sp³-hybridized carbons (Fsp3) is 0.636. The second-order valence-corrected chi connectivity index (χ2v) is 13.0. The summed E-state index contributed by atoms with van der Waals surface area (Å²) in [5, 5.41) is 17.3. The Labute approximate surface area is 261 Å². The van der Waals surface area contributed by atoms with Crippen LogP contribution in [0.15, 0.2) is 24.3 Å². The Morgan fingerprint density at radius 2 is 1.77 bits per heavy atom. The second kappa shape index (κ2) is 15.2. The predicted octanol–water partition coefficient (Wildman–Crippen LogP) is 4.97. The van der Waals surface area contributed by atoms with Gasteiger partial charge in [0.2, 0.25) is 11.8 Å². The molecule has 1 unspecified atom stereocenters. The van der Waals surface area contributed by atoms with Crippen molar-refractivity contribution in [3.8, 4) is 0 Å². The van der Waals surface area contributed by atoms with Gasteiger partial charge in [0.15, 0.2) is 5.82 Å². The van der Waals surface area contributed by atoms with E-state index in [2.05, 4.69) is 10.6 Å². The quantitative estimate of drug-likeness (QED) is 0.194. The molecule has 0 fully saturated rings. The highest BCUT2D eigenvalue weighted by molar-refractivity contribution is 6.09. The lowest BCUT2D eigenvalue weighted by atomic mass is 10.1. The molecule has 0 saturated carbocycles. The van der Waals surface area contributed by atoms with E-state index in [4.69, 9.17) is 24.2 Å². The third-order valence-corrected chi connectivity index (χ3v) is 7.07. The summed E-state index contributed by atoms with van der Waals surface area (Å²) in [6.45, 7) is 18.7. The average molecular weight is 614 g/mol. The zero-order valence-electron chi connectivity index (χ0n) is 27.8. The SMILES string of the molecule is CCOCc1nc2c(NC(=O)[C@H](C)CNC(=O)CC(C)OCCC(C)(C)OC(C)C)nc3ccccc3c2n1CC(C)(C)O. The maximum atomic E-state index is 13.3. The van der Waals surface area contributed by atoms with Crippen LogP contribution in [0.3, 0.4) is 0 Å². The largest absolute Gasteiger partial charge is 0.389 e. The van der Waals surface area contributed by atoms with Crippen molar-refractivity contribution in [3.05, 3.63) is 30.1 Å². The number of nitrogens with zero attached hydrogens (tertiary/aromatic N) is 3. The van der Waals surface area contributed by atoms with E-state index < -0.39 is 11.5 Å². The van der Waals surface area contributed by atoms with Crippen LogP contribution < -0.4 is 10.6 Å². The number of para-hydroxylation sites is 1. The number of rotatable bonds is 17. The lowest BCUT2D eigenvalue weighted by Gasteiger charge is -2.28. The van der Waals surface area contributed by atoms with Crippen molar-refractivity contribution in [2.75, 3.05) is 25.1 Å². The van der Waals surface area contributed by atoms with Crippen molar-refractivity contribution in [1.82, 2.24) is 19.9 Å². The van der Waals surface area contributed by atoms with Gasteiger partial charge in [-0.2, -0.15) is 0 Å². The van der Waals surface area contributed by atoms with Crippen LogP contribution >= 0.6 is 0 Å². The smallest absolute Gasteiger partial charge is 0.230 e. The average Bonchev–Trinajstić information content (AvgIpc) is 3.26. The van der Waals surface area contributed by atoms with Crippen molar-refractivity contribution in [1.29, 1.82) is 0 Å². The van der Waals surface area contributed by atoms with Crippen molar-refractivity contribution >= 4 is 39.6 Å². The third kappa shape index (κ3) is 10.2. The summed E-state index contributed by atoms with van der Waals surface area (Å²) >= 11 is 0. The Morgan fingerprint density at radius 3 is 2.43 bits per heavy atom. The number of hydrogen-bond donors (Lipinski definition) is 3. The van der Waals surface area contributed by atoms with Crippen molar-refractivity contribution in [2.45, 2.75) is 112 Å². The number of hydrogen-bond acceptors (Lipinski definition) is 8. The summed E-state index contributed by atoms with van der Waals surface area (Å²) in [5.41, 5.74) is 0.639. The first-order chi connectivity index (χ1) is 20.6. The summed E-state index contributed by atoms with van der Waals surface area (Å²) in [6.07, 6.45) is 0.764. The van der Waals surface area contributed by atoms with Crippen LogP contribution in [-0.4, -0.2) is 74.6 Å². The number of aromatic nitrogens is 3. The van der Waals surface area contributed by atoms with Crippen LogP contribution in [0.2, 0.25) is 0 Å². The van der Waals surface area contributed by atoms with Crippen LogP contribution in [-0.2, 0) is 37.0 Å². The minimum Gasteiger partial charge on any atom is -0.389 e. The molecule has 0 bridgehead atoms. The van der Waals surface area contributed by atoms with Crippen LogP contribution in [0.25, 0.3) is 21.9 Å². The van der Waals surface area contributed by atoms with Gasteiger partial charge in [0.05, 0.1) is 53.3 Å². The highest BCUT2D eigenvalue weighted by atomic mass is 16.5. The number of pyridine rings is 1. The Bertz CT molecular complexity index is 1410. The molecule has 3 N–H and O–H groups in total. The van der Waals surface area contributed by atoms with Gasteiger partial charge in [-0.25, -0.2) is 9.97 Å². The van der Waals surface area contributed by atoms with E-state index in [-0.39, 0.29) is 55.7 Å². The zero-order valence-corrected chi connectivity index (χ0v) is 27.8. The van der Waals surface area contributed by atoms with Crippen molar-refractivity contribution in [2.24, 2.45) is 5.92 Å². The Morgan fingerprint density at radius 1 is 1.07 bits per heavy atom. The molecule has 244 valence electrons. The maximum Gasteiger partial charge on any atom is 0.230 e. The molecule has 2 amide bonds. The molecule has 3 aromatic rings. The third-order valence-electron chi connectivity index (χ3n) is 7.07. The summed E-state index contributed by atoms with van der Waals surface area (Å²) in [5.74, 6) is -0.0684. The molecule has 1 aromatic carbocycles. The second-order valence-electron chi connectivity index (χ2n) is 13.0. The molecule has 2 heterocycles. The number of fused-ring (bicyclic) bond motifs is 3. The number of benzene rings is 1. The molecule has 44 heavy (non-hydrogen) atoms. The summed E-state index contributed by atoms with van der Waals surface area (Å²) < 4.78 is 19.4. The molecular formula is C33H51N5O6. The Hall–Kier alpha value is -3.12. The normalized spacial score (nSPS) is 13.9. The van der Waals surface area contributed by atoms with E-state index in [9.17, 15) is 14.7 Å². The molecule has 0 spiro atoms. The van der Waals surface area contributed by atoms with Crippen LogP contribution in [0, 0.1) is 5.92 Å². The van der Waals surface area contributed by atoms with Gasteiger partial charge in [0, 0.05) is 25.1 Å². The van der Waals surface area contributed by atoms with Gasteiger partial charge in [-0.05, 0) is 67.9 Å². The molecule has 0 aliphatic heterocycles. The fourth-order valence-corrected chi connectivity index (χ4v) is 5.02. The number of aliphatic hydroxyl groups is 1. The van der Waals surface area contributed by atoms with Gasteiger partial charge >= 0.3 is 0 Å². The summed E-state index contributed by atoms with van der Waals surface area (Å²) in [7, 11) is 0. The molecule has 0 radical (unpaired) electrons. The summed E-state index contributed by atoms with van der Waals surface area (Å²) in [6, 6.07) is 7.63. The standard InChI is InChI=1S/C33H51N5O6/c1-10-42-19-26-36-28-29(38(26)20-32(6,7)41)24-13-11-12-14-25(24)35-30(28)37-31(40)22(4)18-34-27(39)17-23(5)43-16-15-33(8,9)44-21(2)3/h11-14,21-23,41H,10,15-20H2,1-9H3,(H,34,39)(H,35,37,40)/t22-,23?/m1/s1. The lowest BCUT2D eigenvalue weighted by Crippen LogP contribution is -2.36. The van der Waals surface area contributed by atoms with E-state index in [0.29, 0.717) is 42.3 Å². The highest BCUT2D eigenvalue weighted by Gasteiger charge is 2.25. The van der Waals surface area contributed by atoms with E-state index in [1.165, 1.54) is 0 Å². The molecule has 3 rings (SSSR count). The van der Waals surface area contributed by atoms with Crippen LogP contribution in [0.5, 0.6) is 0 Å². The molecule has 0 aliphatic carbocycles. The number of carbonyl (C=O) groups is 2. The highest BCUT2D eigenvalue weighted by Crippen LogP contribution is 2.32. The van der Waals surface area contributed by atoms with E-state index in [0.717, 1.165) is 10.9 Å². The van der Waals surface area contributed by atoms with E-state index in [1.807, 2.05) is 70.4 Å². The first kappa shape index (κ1) is 35.4. The van der Waals surface area contributed by atoms with Gasteiger partial charge in [-0.1, -0.05) is 25.1 Å². The van der Waals surface area contributed by atoms with Crippen LogP contribution in [0.4, 0.5) is 5.82 Å². The van der Waals surface area contributed by atoms with Gasteiger partial charge in [-0.15, -0.1) is 0 Å². The zero-order chi connectivity index (χ0) is 32.7. The number of amides is 2. The Balaban J connectivity index is 1.69. The van der Waals surface area contributed by atoms with Crippen molar-refractivity contribution < 1.29 is 28.9 Å². The number of carbonyl (C=O) groups excluding carboxylic acids is 2. The minimum atomic E-state index is -1.02. The van der Waals surface area contributed by atoms with E-state index in [1.54, 1.807) is 20.8 Å². The molecule has 11 nitrogen and oxygen atoms in total. The van der Waals surface area contributed by atoms with E-state index >= 15 is 0 Å². The molecule has 2 atom stereocenters. The minimum absolute atomic E-state index is 0.129. The van der Waals surface area contributed by atoms with Gasteiger partial charge in [-0.3, -0.25) is 9.59 Å². The number of imidazole rings is 1. The lowest BCUT2D eigenvalue weighted by molar-refractivity contribution is -0.124. The molecule has 2 aromatic heterocycles. The molecular weight excluding hydrogens is 562 g/mol. The van der Waals surface area contributed by atoms with Gasteiger partial charge < -0.3 is 34.5 Å². The molecule has 0 saturated heterocycles.